The SMILES string of the molecule is CC(Cl)C(C)NC(=O)c1cscn1. The molecule has 0 saturated heterocycles. The van der Waals surface area contributed by atoms with E-state index >= 15 is 0 Å². The molecule has 1 aromatic rings. The summed E-state index contributed by atoms with van der Waals surface area (Å²) < 4.78 is 0. The van der Waals surface area contributed by atoms with Crippen LogP contribution in [0.4, 0.5) is 0 Å². The topological polar surface area (TPSA) is 42.0 Å². The highest BCUT2D eigenvalue weighted by Crippen LogP contribution is 2.04. The fourth-order valence-corrected chi connectivity index (χ4v) is 1.32. The molecule has 72 valence electrons. The fraction of sp³-hybridized carbons (Fsp3) is 0.500. The average Bonchev–Trinajstić information content (AvgIpc) is 2.55. The number of halogens is 1. The van der Waals surface area contributed by atoms with E-state index in [0.717, 1.165) is 0 Å². The van der Waals surface area contributed by atoms with Crippen LogP contribution in [0.5, 0.6) is 0 Å². The molecule has 0 radical (unpaired) electrons. The number of carbonyl (C=O) groups is 1. The highest BCUT2D eigenvalue weighted by Gasteiger charge is 2.14. The predicted octanol–water partition coefficient (Wildman–Crippen LogP) is 1.89. The van der Waals surface area contributed by atoms with Gasteiger partial charge in [0.15, 0.2) is 0 Å². The normalized spacial score (nSPS) is 15.0. The maximum absolute atomic E-state index is 11.4. The van der Waals surface area contributed by atoms with E-state index in [1.54, 1.807) is 10.9 Å². The number of aromatic nitrogens is 1. The van der Waals surface area contributed by atoms with Crippen LogP contribution in [0.1, 0.15) is 24.3 Å². The molecule has 0 aliphatic carbocycles. The Kier molecular flexibility index (Phi) is 3.69. The molecule has 0 fully saturated rings. The minimum Gasteiger partial charge on any atom is -0.347 e. The highest BCUT2D eigenvalue weighted by atomic mass is 35.5. The summed E-state index contributed by atoms with van der Waals surface area (Å²) in [7, 11) is 0. The van der Waals surface area contributed by atoms with E-state index in [0.29, 0.717) is 5.69 Å². The van der Waals surface area contributed by atoms with Crippen LogP contribution in [0, 0.1) is 0 Å². The summed E-state index contributed by atoms with van der Waals surface area (Å²) in [5.74, 6) is -0.166. The molecular formula is C8H11ClN2OS. The summed E-state index contributed by atoms with van der Waals surface area (Å²) in [6, 6.07) is -0.0455. The van der Waals surface area contributed by atoms with Gasteiger partial charge in [0.05, 0.1) is 10.9 Å². The minimum atomic E-state index is -0.166. The molecule has 1 amide bonds. The Morgan fingerprint density at radius 2 is 2.38 bits per heavy atom. The van der Waals surface area contributed by atoms with Crippen LogP contribution in [0.3, 0.4) is 0 Å². The van der Waals surface area contributed by atoms with Crippen molar-refractivity contribution in [2.75, 3.05) is 0 Å². The lowest BCUT2D eigenvalue weighted by atomic mass is 10.2. The van der Waals surface area contributed by atoms with E-state index in [2.05, 4.69) is 10.3 Å². The van der Waals surface area contributed by atoms with E-state index in [-0.39, 0.29) is 17.3 Å². The van der Waals surface area contributed by atoms with Gasteiger partial charge in [-0.25, -0.2) is 4.98 Å². The number of carbonyl (C=O) groups excluding carboxylic acids is 1. The number of hydrogen-bond donors (Lipinski definition) is 1. The van der Waals surface area contributed by atoms with Crippen LogP contribution >= 0.6 is 22.9 Å². The number of amides is 1. The zero-order valence-electron chi connectivity index (χ0n) is 7.45. The molecule has 0 aromatic carbocycles. The van der Waals surface area contributed by atoms with E-state index < -0.39 is 0 Å². The molecule has 2 atom stereocenters. The standard InChI is InChI=1S/C8H11ClN2OS/c1-5(9)6(2)11-8(12)7-3-13-4-10-7/h3-6H,1-2H3,(H,11,12). The van der Waals surface area contributed by atoms with E-state index in [1.807, 2.05) is 13.8 Å². The Hall–Kier alpha value is -0.610. The van der Waals surface area contributed by atoms with Crippen molar-refractivity contribution in [1.29, 1.82) is 0 Å². The van der Waals surface area contributed by atoms with E-state index in [4.69, 9.17) is 11.6 Å². The maximum Gasteiger partial charge on any atom is 0.271 e. The van der Waals surface area contributed by atoms with Gasteiger partial charge < -0.3 is 5.32 Å². The van der Waals surface area contributed by atoms with Crippen LogP contribution in [0.2, 0.25) is 0 Å². The molecule has 0 aliphatic heterocycles. The van der Waals surface area contributed by atoms with Crippen LogP contribution < -0.4 is 5.32 Å². The number of nitrogens with one attached hydrogen (secondary N) is 1. The second kappa shape index (κ2) is 4.58. The highest BCUT2D eigenvalue weighted by molar-refractivity contribution is 7.07. The van der Waals surface area contributed by atoms with Gasteiger partial charge in [0.1, 0.15) is 5.69 Å². The van der Waals surface area contributed by atoms with Gasteiger partial charge in [-0.2, -0.15) is 0 Å². The van der Waals surface area contributed by atoms with Crippen molar-refractivity contribution in [1.82, 2.24) is 10.3 Å². The zero-order valence-corrected chi connectivity index (χ0v) is 9.02. The van der Waals surface area contributed by atoms with Gasteiger partial charge in [0.2, 0.25) is 0 Å². The van der Waals surface area contributed by atoms with Gasteiger partial charge >= 0.3 is 0 Å². The zero-order chi connectivity index (χ0) is 9.84. The molecular weight excluding hydrogens is 208 g/mol. The molecule has 1 N–H and O–H groups in total. The molecule has 2 unspecified atom stereocenters. The summed E-state index contributed by atoms with van der Waals surface area (Å²) >= 11 is 7.20. The fourth-order valence-electron chi connectivity index (χ4n) is 0.720. The van der Waals surface area contributed by atoms with Crippen molar-refractivity contribution in [3.63, 3.8) is 0 Å². The molecule has 1 heterocycles. The first-order valence-corrected chi connectivity index (χ1v) is 5.32. The molecule has 13 heavy (non-hydrogen) atoms. The Morgan fingerprint density at radius 3 is 2.85 bits per heavy atom. The number of rotatable bonds is 3. The van der Waals surface area contributed by atoms with Crippen LogP contribution in [0.25, 0.3) is 0 Å². The van der Waals surface area contributed by atoms with Crippen molar-refractivity contribution >= 4 is 28.8 Å². The number of thiazole rings is 1. The van der Waals surface area contributed by atoms with Crippen molar-refractivity contribution in [3.8, 4) is 0 Å². The van der Waals surface area contributed by atoms with Crippen molar-refractivity contribution in [3.05, 3.63) is 16.6 Å². The minimum absolute atomic E-state index is 0.0455. The lowest BCUT2D eigenvalue weighted by molar-refractivity contribution is 0.0935. The third-order valence-electron chi connectivity index (χ3n) is 1.71. The smallest absolute Gasteiger partial charge is 0.271 e. The maximum atomic E-state index is 11.4. The summed E-state index contributed by atoms with van der Waals surface area (Å²) in [6.07, 6.45) is 0. The van der Waals surface area contributed by atoms with Gasteiger partial charge in [-0.3, -0.25) is 4.79 Å². The average molecular weight is 219 g/mol. The van der Waals surface area contributed by atoms with Crippen molar-refractivity contribution in [2.24, 2.45) is 0 Å². The van der Waals surface area contributed by atoms with Crippen LogP contribution in [-0.2, 0) is 0 Å². The second-order valence-corrected chi connectivity index (χ2v) is 4.22. The largest absolute Gasteiger partial charge is 0.347 e. The van der Waals surface area contributed by atoms with Gasteiger partial charge in [-0.05, 0) is 13.8 Å². The first-order chi connectivity index (χ1) is 6.11. The monoisotopic (exact) mass is 218 g/mol. The number of nitrogens with zero attached hydrogens (tertiary/aromatic N) is 1. The first kappa shape index (κ1) is 10.5. The summed E-state index contributed by atoms with van der Waals surface area (Å²) in [5, 5.41) is 4.38. The predicted molar refractivity (Wildman–Crippen MR) is 54.4 cm³/mol. The molecule has 0 saturated carbocycles. The van der Waals surface area contributed by atoms with Crippen molar-refractivity contribution in [2.45, 2.75) is 25.3 Å². The Morgan fingerprint density at radius 1 is 1.69 bits per heavy atom. The van der Waals surface area contributed by atoms with Crippen LogP contribution in [0.15, 0.2) is 10.9 Å². The molecule has 0 aliphatic rings. The van der Waals surface area contributed by atoms with E-state index in [9.17, 15) is 4.79 Å². The molecule has 0 bridgehead atoms. The molecule has 5 heteroatoms. The summed E-state index contributed by atoms with van der Waals surface area (Å²) in [6.45, 7) is 3.70. The van der Waals surface area contributed by atoms with Gasteiger partial charge in [-0.1, -0.05) is 0 Å². The third-order valence-corrected chi connectivity index (χ3v) is 2.68. The number of alkyl halides is 1. The van der Waals surface area contributed by atoms with Crippen LogP contribution in [-0.4, -0.2) is 22.3 Å². The molecule has 3 nitrogen and oxygen atoms in total. The van der Waals surface area contributed by atoms with Crippen molar-refractivity contribution < 1.29 is 4.79 Å². The van der Waals surface area contributed by atoms with Gasteiger partial charge in [-0.15, -0.1) is 22.9 Å². The first-order valence-electron chi connectivity index (χ1n) is 3.94. The van der Waals surface area contributed by atoms with Gasteiger partial charge in [0.25, 0.3) is 5.91 Å². The third kappa shape index (κ3) is 2.97. The molecule has 1 rings (SSSR count). The summed E-state index contributed by atoms with van der Waals surface area (Å²) in [4.78, 5) is 15.3. The Labute approximate surface area is 86.1 Å². The van der Waals surface area contributed by atoms with Gasteiger partial charge in [0, 0.05) is 11.4 Å². The molecule has 1 aromatic heterocycles. The Bertz CT molecular complexity index is 274. The quantitative estimate of drug-likeness (QED) is 0.788. The molecule has 0 spiro atoms. The van der Waals surface area contributed by atoms with E-state index in [1.165, 1.54) is 11.3 Å². The summed E-state index contributed by atoms with van der Waals surface area (Å²) in [5.41, 5.74) is 2.08. The second-order valence-electron chi connectivity index (χ2n) is 2.81. The lowest BCUT2D eigenvalue weighted by Gasteiger charge is -2.14. The Balaban J connectivity index is 2.52. The number of hydrogen-bond acceptors (Lipinski definition) is 3. The lowest BCUT2D eigenvalue weighted by Crippen LogP contribution is -2.37.